The summed E-state index contributed by atoms with van der Waals surface area (Å²) in [5.74, 6) is 1.09. The summed E-state index contributed by atoms with van der Waals surface area (Å²) in [4.78, 5) is 12.2. The van der Waals surface area contributed by atoms with Crippen molar-refractivity contribution in [1.29, 1.82) is 0 Å². The number of ether oxygens (including phenoxy) is 1. The number of hydrogen-bond donors (Lipinski definition) is 2. The van der Waals surface area contributed by atoms with Gasteiger partial charge in [-0.3, -0.25) is 4.79 Å². The standard InChI is InChI=1S/C21H26N2O2/c22-14-18-10-6-11-19(18)23-21(24)15-25-20-12-5-4-9-17(20)13-16-7-2-1-3-8-16/h1-5,7-9,12,18-19H,6,10-11,13-15,22H2,(H,23,24). The topological polar surface area (TPSA) is 64.3 Å². The number of carbonyl (C=O) groups is 1. The molecule has 2 unspecified atom stereocenters. The molecule has 4 heteroatoms. The van der Waals surface area contributed by atoms with Crippen LogP contribution in [0.1, 0.15) is 30.4 Å². The molecule has 0 radical (unpaired) electrons. The first-order valence-corrected chi connectivity index (χ1v) is 9.00. The van der Waals surface area contributed by atoms with E-state index in [0.29, 0.717) is 12.5 Å². The molecule has 0 spiro atoms. The van der Waals surface area contributed by atoms with Gasteiger partial charge >= 0.3 is 0 Å². The fourth-order valence-electron chi connectivity index (χ4n) is 3.51. The lowest BCUT2D eigenvalue weighted by Crippen LogP contribution is -2.42. The lowest BCUT2D eigenvalue weighted by atomic mass is 10.0. The molecule has 1 saturated carbocycles. The van der Waals surface area contributed by atoms with Crippen molar-refractivity contribution in [2.45, 2.75) is 31.7 Å². The summed E-state index contributed by atoms with van der Waals surface area (Å²) in [6.45, 7) is 0.672. The number of rotatable bonds is 7. The highest BCUT2D eigenvalue weighted by atomic mass is 16.5. The molecule has 25 heavy (non-hydrogen) atoms. The molecule has 1 aliphatic rings. The van der Waals surface area contributed by atoms with Crippen LogP contribution in [-0.2, 0) is 11.2 Å². The van der Waals surface area contributed by atoms with Gasteiger partial charge in [-0.25, -0.2) is 0 Å². The molecule has 1 fully saturated rings. The van der Waals surface area contributed by atoms with Crippen molar-refractivity contribution < 1.29 is 9.53 Å². The molecule has 0 bridgehead atoms. The Hall–Kier alpha value is -2.33. The van der Waals surface area contributed by atoms with E-state index in [2.05, 4.69) is 17.4 Å². The van der Waals surface area contributed by atoms with E-state index in [1.165, 1.54) is 5.56 Å². The Kier molecular flexibility index (Phi) is 6.07. The van der Waals surface area contributed by atoms with Crippen LogP contribution in [0.4, 0.5) is 0 Å². The zero-order chi connectivity index (χ0) is 17.5. The maximum Gasteiger partial charge on any atom is 0.258 e. The molecule has 1 aliphatic carbocycles. The van der Waals surface area contributed by atoms with E-state index in [0.717, 1.165) is 37.0 Å². The summed E-state index contributed by atoms with van der Waals surface area (Å²) in [6, 6.07) is 18.3. The fraction of sp³-hybridized carbons (Fsp3) is 0.381. The molecule has 3 N–H and O–H groups in total. The number of nitrogens with two attached hydrogens (primary N) is 1. The van der Waals surface area contributed by atoms with E-state index < -0.39 is 0 Å². The molecule has 2 aromatic rings. The lowest BCUT2D eigenvalue weighted by Gasteiger charge is -2.19. The van der Waals surface area contributed by atoms with Gasteiger partial charge in [-0.05, 0) is 42.5 Å². The third-order valence-electron chi connectivity index (χ3n) is 4.88. The first-order valence-electron chi connectivity index (χ1n) is 9.00. The van der Waals surface area contributed by atoms with Gasteiger partial charge in [0.1, 0.15) is 5.75 Å². The summed E-state index contributed by atoms with van der Waals surface area (Å²) in [5, 5.41) is 3.08. The summed E-state index contributed by atoms with van der Waals surface area (Å²) >= 11 is 0. The monoisotopic (exact) mass is 338 g/mol. The van der Waals surface area contributed by atoms with Crippen LogP contribution >= 0.6 is 0 Å². The van der Waals surface area contributed by atoms with E-state index >= 15 is 0 Å². The third kappa shape index (κ3) is 4.83. The largest absolute Gasteiger partial charge is 0.483 e. The van der Waals surface area contributed by atoms with Crippen molar-refractivity contribution in [3.63, 3.8) is 0 Å². The fourth-order valence-corrected chi connectivity index (χ4v) is 3.51. The molecule has 0 aromatic heterocycles. The van der Waals surface area contributed by atoms with Gasteiger partial charge in [0.2, 0.25) is 0 Å². The zero-order valence-corrected chi connectivity index (χ0v) is 14.5. The van der Waals surface area contributed by atoms with Gasteiger partial charge in [0.25, 0.3) is 5.91 Å². The van der Waals surface area contributed by atoms with Crippen LogP contribution in [0.5, 0.6) is 5.75 Å². The van der Waals surface area contributed by atoms with Crippen molar-refractivity contribution in [2.75, 3.05) is 13.2 Å². The Morgan fingerprint density at radius 1 is 1.08 bits per heavy atom. The van der Waals surface area contributed by atoms with Crippen LogP contribution < -0.4 is 15.8 Å². The Bertz CT molecular complexity index is 687. The molecule has 2 atom stereocenters. The quantitative estimate of drug-likeness (QED) is 0.816. The Morgan fingerprint density at radius 3 is 2.64 bits per heavy atom. The molecule has 3 rings (SSSR count). The molecule has 0 heterocycles. The van der Waals surface area contributed by atoms with Gasteiger partial charge in [0.15, 0.2) is 6.61 Å². The van der Waals surface area contributed by atoms with Crippen LogP contribution in [0, 0.1) is 5.92 Å². The van der Waals surface area contributed by atoms with E-state index in [-0.39, 0.29) is 18.6 Å². The van der Waals surface area contributed by atoms with Crippen LogP contribution in [0.15, 0.2) is 54.6 Å². The van der Waals surface area contributed by atoms with Gasteiger partial charge in [0.05, 0.1) is 0 Å². The molecular weight excluding hydrogens is 312 g/mol. The molecule has 0 saturated heterocycles. The van der Waals surface area contributed by atoms with Crippen molar-refractivity contribution in [1.82, 2.24) is 5.32 Å². The average Bonchev–Trinajstić information content (AvgIpc) is 3.09. The summed E-state index contributed by atoms with van der Waals surface area (Å²) in [5.41, 5.74) is 8.08. The minimum absolute atomic E-state index is 0.0413. The Labute approximate surface area is 149 Å². The summed E-state index contributed by atoms with van der Waals surface area (Å²) in [6.07, 6.45) is 4.03. The third-order valence-corrected chi connectivity index (χ3v) is 4.88. The number of para-hydroxylation sites is 1. The van der Waals surface area contributed by atoms with Crippen LogP contribution in [0.3, 0.4) is 0 Å². The number of nitrogens with one attached hydrogen (secondary N) is 1. The second-order valence-corrected chi connectivity index (χ2v) is 6.66. The van der Waals surface area contributed by atoms with Gasteiger partial charge in [-0.15, -0.1) is 0 Å². The van der Waals surface area contributed by atoms with Gasteiger partial charge in [-0.2, -0.15) is 0 Å². The average molecular weight is 338 g/mol. The molecule has 0 aliphatic heterocycles. The molecular formula is C21H26N2O2. The zero-order valence-electron chi connectivity index (χ0n) is 14.5. The van der Waals surface area contributed by atoms with Gasteiger partial charge in [-0.1, -0.05) is 55.0 Å². The molecule has 2 aromatic carbocycles. The van der Waals surface area contributed by atoms with E-state index in [4.69, 9.17) is 10.5 Å². The lowest BCUT2D eigenvalue weighted by molar-refractivity contribution is -0.124. The number of hydrogen-bond acceptors (Lipinski definition) is 3. The van der Waals surface area contributed by atoms with Crippen LogP contribution in [-0.4, -0.2) is 25.1 Å². The van der Waals surface area contributed by atoms with Crippen molar-refractivity contribution in [2.24, 2.45) is 11.7 Å². The van der Waals surface area contributed by atoms with Crippen molar-refractivity contribution in [3.8, 4) is 5.75 Å². The van der Waals surface area contributed by atoms with E-state index in [9.17, 15) is 4.79 Å². The predicted molar refractivity (Wildman–Crippen MR) is 99.5 cm³/mol. The smallest absolute Gasteiger partial charge is 0.258 e. The number of benzene rings is 2. The highest BCUT2D eigenvalue weighted by molar-refractivity contribution is 5.78. The minimum Gasteiger partial charge on any atom is -0.483 e. The normalized spacial score (nSPS) is 19.6. The van der Waals surface area contributed by atoms with E-state index in [1.54, 1.807) is 0 Å². The highest BCUT2D eigenvalue weighted by Crippen LogP contribution is 2.25. The van der Waals surface area contributed by atoms with Gasteiger partial charge < -0.3 is 15.8 Å². The summed E-state index contributed by atoms with van der Waals surface area (Å²) < 4.78 is 5.81. The molecule has 4 nitrogen and oxygen atoms in total. The van der Waals surface area contributed by atoms with Crippen molar-refractivity contribution >= 4 is 5.91 Å². The van der Waals surface area contributed by atoms with Crippen LogP contribution in [0.25, 0.3) is 0 Å². The maximum atomic E-state index is 12.2. The predicted octanol–water partition coefficient (Wildman–Crippen LogP) is 2.90. The first-order chi connectivity index (χ1) is 12.3. The Balaban J connectivity index is 1.57. The second kappa shape index (κ2) is 8.67. The van der Waals surface area contributed by atoms with Crippen molar-refractivity contribution in [3.05, 3.63) is 65.7 Å². The van der Waals surface area contributed by atoms with Crippen LogP contribution in [0.2, 0.25) is 0 Å². The SMILES string of the molecule is NCC1CCCC1NC(=O)COc1ccccc1Cc1ccccc1. The molecule has 132 valence electrons. The second-order valence-electron chi connectivity index (χ2n) is 6.66. The van der Waals surface area contributed by atoms with E-state index in [1.807, 2.05) is 42.5 Å². The summed E-state index contributed by atoms with van der Waals surface area (Å²) in [7, 11) is 0. The van der Waals surface area contributed by atoms with Gasteiger partial charge in [0, 0.05) is 12.5 Å². The minimum atomic E-state index is -0.0696. The molecule has 1 amide bonds. The maximum absolute atomic E-state index is 12.2. The Morgan fingerprint density at radius 2 is 1.84 bits per heavy atom. The highest BCUT2D eigenvalue weighted by Gasteiger charge is 2.27. The first kappa shape index (κ1) is 17.5. The number of amides is 1. The number of carbonyl (C=O) groups excluding carboxylic acids is 1.